The third-order valence-corrected chi connectivity index (χ3v) is 6.71. The molecule has 0 saturated carbocycles. The van der Waals surface area contributed by atoms with Gasteiger partial charge in [-0.05, 0) is 60.5 Å². The zero-order valence-corrected chi connectivity index (χ0v) is 20.8. The Kier molecular flexibility index (Phi) is 7.01. The molecule has 0 aromatic heterocycles. The highest BCUT2D eigenvalue weighted by molar-refractivity contribution is 5.86. The molecule has 4 aromatic rings. The molecule has 0 bridgehead atoms. The van der Waals surface area contributed by atoms with Gasteiger partial charge < -0.3 is 9.47 Å². The summed E-state index contributed by atoms with van der Waals surface area (Å²) in [5, 5.41) is -2.30. The number of fused-ring (bicyclic) bond motifs is 2. The van der Waals surface area contributed by atoms with Crippen LogP contribution in [0.1, 0.15) is 40.3 Å². The maximum atomic E-state index is 15.0. The number of hydrogen-bond acceptors (Lipinski definition) is 2. The van der Waals surface area contributed by atoms with Crippen LogP contribution in [0, 0.1) is 47.6 Å². The second kappa shape index (κ2) is 10.0. The van der Waals surface area contributed by atoms with Gasteiger partial charge in [-0.25, -0.2) is 26.3 Å². The summed E-state index contributed by atoms with van der Waals surface area (Å²) >= 11 is 0. The van der Waals surface area contributed by atoms with Crippen molar-refractivity contribution in [3.8, 4) is 11.5 Å². The van der Waals surface area contributed by atoms with Crippen LogP contribution >= 0.6 is 0 Å². The standard InChI is InChI=1S/C28H14F12O2/c1-10-6-11-2-5-18(41-26(11)25(35)21(10)31)14-3-4-15(23(33)22(14)32)28(39,40)42-13-7-12-8-17(30)20(27(36,37)38)24(34)19(12)16(29)9-13/h3-4,6-9,18H,2,5H2,1H3. The molecule has 0 aliphatic carbocycles. The fourth-order valence-corrected chi connectivity index (χ4v) is 4.77. The average molecular weight is 610 g/mol. The third-order valence-electron chi connectivity index (χ3n) is 6.71. The van der Waals surface area contributed by atoms with Crippen LogP contribution in [-0.4, -0.2) is 0 Å². The molecule has 42 heavy (non-hydrogen) atoms. The Morgan fingerprint density at radius 2 is 1.45 bits per heavy atom. The Morgan fingerprint density at radius 1 is 0.762 bits per heavy atom. The molecule has 1 atom stereocenters. The van der Waals surface area contributed by atoms with Crippen LogP contribution in [0.15, 0.2) is 36.4 Å². The van der Waals surface area contributed by atoms with Gasteiger partial charge in [0.05, 0.1) is 5.39 Å². The molecular weight excluding hydrogens is 596 g/mol. The van der Waals surface area contributed by atoms with E-state index in [1.807, 2.05) is 0 Å². The van der Waals surface area contributed by atoms with Crippen molar-refractivity contribution in [2.24, 2.45) is 0 Å². The topological polar surface area (TPSA) is 18.5 Å². The van der Waals surface area contributed by atoms with Crippen LogP contribution in [0.2, 0.25) is 0 Å². The number of hydrogen-bond donors (Lipinski definition) is 0. The molecule has 0 saturated heterocycles. The highest BCUT2D eigenvalue weighted by Gasteiger charge is 2.42. The van der Waals surface area contributed by atoms with Crippen molar-refractivity contribution >= 4 is 10.8 Å². The predicted octanol–water partition coefficient (Wildman–Crippen LogP) is 9.34. The summed E-state index contributed by atoms with van der Waals surface area (Å²) in [6.07, 6.45) is -11.7. The molecule has 1 aliphatic heterocycles. The van der Waals surface area contributed by atoms with Gasteiger partial charge in [-0.2, -0.15) is 26.3 Å². The van der Waals surface area contributed by atoms with E-state index in [4.69, 9.17) is 4.74 Å². The number of alkyl halides is 5. The minimum absolute atomic E-state index is 0.00951. The molecule has 0 N–H and O–H groups in total. The lowest BCUT2D eigenvalue weighted by atomic mass is 9.94. The predicted molar refractivity (Wildman–Crippen MR) is 122 cm³/mol. The van der Waals surface area contributed by atoms with E-state index in [0.29, 0.717) is 18.2 Å². The first-order chi connectivity index (χ1) is 19.5. The van der Waals surface area contributed by atoms with E-state index in [1.165, 1.54) is 13.0 Å². The van der Waals surface area contributed by atoms with Crippen LogP contribution in [0.3, 0.4) is 0 Å². The molecule has 2 nitrogen and oxygen atoms in total. The molecule has 4 aromatic carbocycles. The van der Waals surface area contributed by atoms with Gasteiger partial charge >= 0.3 is 12.3 Å². The van der Waals surface area contributed by atoms with E-state index in [9.17, 15) is 52.7 Å². The Balaban J connectivity index is 1.47. The summed E-state index contributed by atoms with van der Waals surface area (Å²) in [5.41, 5.74) is -4.47. The summed E-state index contributed by atoms with van der Waals surface area (Å²) in [5.74, 6) is -14.6. The quantitative estimate of drug-likeness (QED) is 0.215. The normalized spacial score (nSPS) is 15.5. The van der Waals surface area contributed by atoms with Crippen LogP contribution in [-0.2, 0) is 18.7 Å². The molecule has 1 heterocycles. The largest absolute Gasteiger partial charge is 0.482 e. The number of halogens is 12. The van der Waals surface area contributed by atoms with Crippen LogP contribution < -0.4 is 9.47 Å². The molecule has 14 heteroatoms. The number of rotatable bonds is 4. The smallest absolute Gasteiger partial charge is 0.429 e. The van der Waals surface area contributed by atoms with Crippen molar-refractivity contribution in [2.75, 3.05) is 0 Å². The monoisotopic (exact) mass is 610 g/mol. The Hall–Kier alpha value is -4.10. The number of benzene rings is 4. The van der Waals surface area contributed by atoms with E-state index in [2.05, 4.69) is 4.74 Å². The first kappa shape index (κ1) is 29.4. The lowest BCUT2D eigenvalue weighted by Gasteiger charge is -2.28. The van der Waals surface area contributed by atoms with Crippen LogP contribution in [0.5, 0.6) is 11.5 Å². The van der Waals surface area contributed by atoms with E-state index >= 15 is 0 Å². The molecular formula is C28H14F12O2. The Bertz CT molecular complexity index is 1750. The van der Waals surface area contributed by atoms with Crippen LogP contribution in [0.4, 0.5) is 52.7 Å². The highest BCUT2D eigenvalue weighted by atomic mass is 19.4. The van der Waals surface area contributed by atoms with E-state index in [1.54, 1.807) is 0 Å². The van der Waals surface area contributed by atoms with Gasteiger partial charge in [0.25, 0.3) is 0 Å². The molecule has 1 unspecified atom stereocenters. The van der Waals surface area contributed by atoms with Gasteiger partial charge in [0.1, 0.15) is 40.4 Å². The van der Waals surface area contributed by atoms with Gasteiger partial charge in [0.15, 0.2) is 23.2 Å². The van der Waals surface area contributed by atoms with Gasteiger partial charge in [0.2, 0.25) is 5.82 Å². The molecule has 0 fully saturated rings. The van der Waals surface area contributed by atoms with Crippen LogP contribution in [0.25, 0.3) is 10.8 Å². The molecule has 222 valence electrons. The second-order valence-corrected chi connectivity index (χ2v) is 9.45. The van der Waals surface area contributed by atoms with Gasteiger partial charge in [0, 0.05) is 11.6 Å². The second-order valence-electron chi connectivity index (χ2n) is 9.45. The number of aryl methyl sites for hydroxylation is 2. The molecule has 1 aliphatic rings. The fourth-order valence-electron chi connectivity index (χ4n) is 4.77. The molecule has 5 rings (SSSR count). The zero-order chi connectivity index (χ0) is 30.9. The fraction of sp³-hybridized carbons (Fsp3) is 0.214. The third kappa shape index (κ3) is 4.86. The number of ether oxygens (including phenoxy) is 2. The van der Waals surface area contributed by atoms with Crippen molar-refractivity contribution in [1.29, 1.82) is 0 Å². The maximum Gasteiger partial charge on any atom is 0.429 e. The first-order valence-corrected chi connectivity index (χ1v) is 11.9. The highest BCUT2D eigenvalue weighted by Crippen LogP contribution is 2.43. The van der Waals surface area contributed by atoms with E-state index in [-0.39, 0.29) is 36.1 Å². The average Bonchev–Trinajstić information content (AvgIpc) is 2.87. The summed E-state index contributed by atoms with van der Waals surface area (Å²) in [6.45, 7) is 1.31. The van der Waals surface area contributed by atoms with Gasteiger partial charge in [-0.3, -0.25) is 0 Å². The van der Waals surface area contributed by atoms with Gasteiger partial charge in [-0.15, -0.1) is 0 Å². The SMILES string of the molecule is Cc1cc2c(c(F)c1F)OC(c1ccc(C(F)(F)Oc3cc(F)c4c(F)c(C(F)(F)F)c(F)cc4c3)c(F)c1F)CC2. The van der Waals surface area contributed by atoms with E-state index < -0.39 is 98.1 Å². The minimum Gasteiger partial charge on any atom is -0.482 e. The lowest BCUT2D eigenvalue weighted by Crippen LogP contribution is -2.25. The summed E-state index contributed by atoms with van der Waals surface area (Å²) in [4.78, 5) is 0. The molecule has 0 radical (unpaired) electrons. The molecule has 0 spiro atoms. The summed E-state index contributed by atoms with van der Waals surface area (Å²) in [6, 6.07) is 2.88. The van der Waals surface area contributed by atoms with Crippen molar-refractivity contribution in [1.82, 2.24) is 0 Å². The Labute approximate surface area is 228 Å². The summed E-state index contributed by atoms with van der Waals surface area (Å²) < 4.78 is 179. The van der Waals surface area contributed by atoms with Crippen molar-refractivity contribution in [3.63, 3.8) is 0 Å². The first-order valence-electron chi connectivity index (χ1n) is 11.9. The van der Waals surface area contributed by atoms with Crippen molar-refractivity contribution < 1.29 is 62.2 Å². The van der Waals surface area contributed by atoms with Gasteiger partial charge in [-0.1, -0.05) is 6.07 Å². The van der Waals surface area contributed by atoms with Crippen molar-refractivity contribution in [3.05, 3.63) is 105 Å². The Morgan fingerprint density at radius 3 is 2.12 bits per heavy atom. The van der Waals surface area contributed by atoms with E-state index in [0.717, 1.165) is 0 Å². The molecule has 0 amide bonds. The zero-order valence-electron chi connectivity index (χ0n) is 20.8. The van der Waals surface area contributed by atoms with Crippen molar-refractivity contribution in [2.45, 2.75) is 38.2 Å². The minimum atomic E-state index is -5.54. The lowest BCUT2D eigenvalue weighted by molar-refractivity contribution is -0.187. The maximum absolute atomic E-state index is 15.0. The summed E-state index contributed by atoms with van der Waals surface area (Å²) in [7, 11) is 0.